The van der Waals surface area contributed by atoms with Crippen LogP contribution in [0.15, 0.2) is 0 Å². The molecule has 0 aromatic carbocycles. The minimum atomic E-state index is 0.0960. The molecule has 19 heavy (non-hydrogen) atoms. The first-order chi connectivity index (χ1) is 9.01. The summed E-state index contributed by atoms with van der Waals surface area (Å²) in [7, 11) is 0. The van der Waals surface area contributed by atoms with Crippen LogP contribution in [0.3, 0.4) is 0 Å². The number of likely N-dealkylation sites (tertiary alicyclic amines) is 1. The molecule has 0 aromatic heterocycles. The Labute approximate surface area is 116 Å². The molecule has 110 valence electrons. The van der Waals surface area contributed by atoms with Gasteiger partial charge < -0.3 is 14.7 Å². The number of nitrogens with zero attached hydrogens (tertiary/aromatic N) is 1. The third-order valence-electron chi connectivity index (χ3n) is 4.57. The largest absolute Gasteiger partial charge is 0.396 e. The van der Waals surface area contributed by atoms with Gasteiger partial charge in [0, 0.05) is 25.1 Å². The van der Waals surface area contributed by atoms with Crippen LogP contribution in [-0.4, -0.2) is 47.3 Å². The average molecular weight is 269 g/mol. The zero-order valence-corrected chi connectivity index (χ0v) is 12.3. The van der Waals surface area contributed by atoms with Crippen molar-refractivity contribution in [1.82, 2.24) is 4.90 Å². The number of rotatable bonds is 2. The molecule has 2 aliphatic rings. The zero-order valence-electron chi connectivity index (χ0n) is 12.3. The van der Waals surface area contributed by atoms with E-state index in [1.165, 1.54) is 0 Å². The van der Waals surface area contributed by atoms with Crippen LogP contribution >= 0.6 is 0 Å². The number of hydrogen-bond acceptors (Lipinski definition) is 3. The first-order valence-electron chi connectivity index (χ1n) is 7.58. The highest BCUT2D eigenvalue weighted by Gasteiger charge is 2.36. The van der Waals surface area contributed by atoms with Gasteiger partial charge in [-0.25, -0.2) is 0 Å². The van der Waals surface area contributed by atoms with Crippen LogP contribution in [0.1, 0.15) is 46.5 Å². The Morgan fingerprint density at radius 3 is 2.42 bits per heavy atom. The average Bonchev–Trinajstić information content (AvgIpc) is 2.37. The van der Waals surface area contributed by atoms with Crippen LogP contribution in [-0.2, 0) is 9.53 Å². The van der Waals surface area contributed by atoms with E-state index in [4.69, 9.17) is 4.74 Å². The molecule has 2 rings (SSSR count). The van der Waals surface area contributed by atoms with Crippen LogP contribution in [0.2, 0.25) is 0 Å². The fraction of sp³-hybridized carbons (Fsp3) is 0.933. The Balaban J connectivity index is 2.00. The summed E-state index contributed by atoms with van der Waals surface area (Å²) in [5, 5.41) is 9.31. The number of aliphatic hydroxyl groups excluding tert-OH is 1. The summed E-state index contributed by atoms with van der Waals surface area (Å²) in [5.74, 6) is 0.626. The Bertz CT molecular complexity index is 311. The van der Waals surface area contributed by atoms with Crippen molar-refractivity contribution >= 4 is 5.91 Å². The minimum Gasteiger partial charge on any atom is -0.396 e. The summed E-state index contributed by atoms with van der Waals surface area (Å²) in [6.07, 6.45) is 4.04. The molecule has 4 unspecified atom stereocenters. The predicted octanol–water partition coefficient (Wildman–Crippen LogP) is 1.81. The number of carbonyl (C=O) groups excluding carboxylic acids is 1. The molecule has 2 heterocycles. The SMILES string of the molecule is CC1CC(C(=O)N2CC(CO)CCC2C)CC(C)O1. The van der Waals surface area contributed by atoms with Crippen molar-refractivity contribution in [2.45, 2.75) is 64.7 Å². The molecule has 0 bridgehead atoms. The van der Waals surface area contributed by atoms with E-state index in [1.807, 2.05) is 18.7 Å². The van der Waals surface area contributed by atoms with Crippen molar-refractivity contribution in [3.05, 3.63) is 0 Å². The van der Waals surface area contributed by atoms with E-state index in [0.29, 0.717) is 6.04 Å². The van der Waals surface area contributed by atoms with Gasteiger partial charge in [0.15, 0.2) is 0 Å². The second-order valence-electron chi connectivity index (χ2n) is 6.39. The highest BCUT2D eigenvalue weighted by atomic mass is 16.5. The van der Waals surface area contributed by atoms with Crippen molar-refractivity contribution < 1.29 is 14.6 Å². The standard InChI is InChI=1S/C15H27NO3/c1-10-4-5-13(9-17)8-16(10)15(18)14-6-11(2)19-12(3)7-14/h10-14,17H,4-9H2,1-3H3. The Kier molecular flexibility index (Phi) is 4.85. The summed E-state index contributed by atoms with van der Waals surface area (Å²) in [6.45, 7) is 7.13. The summed E-state index contributed by atoms with van der Waals surface area (Å²) < 4.78 is 5.71. The molecule has 2 saturated heterocycles. The summed E-state index contributed by atoms with van der Waals surface area (Å²) in [5.41, 5.74) is 0. The van der Waals surface area contributed by atoms with Crippen LogP contribution in [0.5, 0.6) is 0 Å². The van der Waals surface area contributed by atoms with Gasteiger partial charge in [-0.3, -0.25) is 4.79 Å². The molecule has 1 amide bonds. The van der Waals surface area contributed by atoms with Gasteiger partial charge in [-0.2, -0.15) is 0 Å². The maximum Gasteiger partial charge on any atom is 0.226 e. The lowest BCUT2D eigenvalue weighted by Gasteiger charge is -2.41. The van der Waals surface area contributed by atoms with Gasteiger partial charge in [-0.1, -0.05) is 0 Å². The molecule has 2 aliphatic heterocycles. The van der Waals surface area contributed by atoms with Gasteiger partial charge in [0.2, 0.25) is 5.91 Å². The van der Waals surface area contributed by atoms with Gasteiger partial charge in [-0.05, 0) is 52.4 Å². The van der Waals surface area contributed by atoms with Crippen molar-refractivity contribution in [3.8, 4) is 0 Å². The normalized spacial score (nSPS) is 40.2. The van der Waals surface area contributed by atoms with Crippen molar-refractivity contribution in [2.24, 2.45) is 11.8 Å². The minimum absolute atomic E-state index is 0.0960. The fourth-order valence-corrected chi connectivity index (χ4v) is 3.48. The maximum absolute atomic E-state index is 12.7. The van der Waals surface area contributed by atoms with E-state index < -0.39 is 0 Å². The lowest BCUT2D eigenvalue weighted by Crippen LogP contribution is -2.50. The second kappa shape index (κ2) is 6.23. The van der Waals surface area contributed by atoms with Crippen molar-refractivity contribution in [1.29, 1.82) is 0 Å². The first kappa shape index (κ1) is 14.8. The quantitative estimate of drug-likeness (QED) is 0.832. The molecule has 4 nitrogen and oxygen atoms in total. The number of aliphatic hydroxyl groups is 1. The molecule has 4 heteroatoms. The fourth-order valence-electron chi connectivity index (χ4n) is 3.48. The van der Waals surface area contributed by atoms with E-state index in [9.17, 15) is 9.90 Å². The van der Waals surface area contributed by atoms with E-state index in [1.54, 1.807) is 0 Å². The Hall–Kier alpha value is -0.610. The van der Waals surface area contributed by atoms with Gasteiger partial charge >= 0.3 is 0 Å². The van der Waals surface area contributed by atoms with Crippen molar-refractivity contribution in [2.75, 3.05) is 13.2 Å². The van der Waals surface area contributed by atoms with E-state index in [-0.39, 0.29) is 36.6 Å². The third kappa shape index (κ3) is 3.48. The molecular weight excluding hydrogens is 242 g/mol. The van der Waals surface area contributed by atoms with Gasteiger partial charge in [0.1, 0.15) is 0 Å². The van der Waals surface area contributed by atoms with Gasteiger partial charge in [-0.15, -0.1) is 0 Å². The first-order valence-corrected chi connectivity index (χ1v) is 7.58. The van der Waals surface area contributed by atoms with Crippen LogP contribution in [0, 0.1) is 11.8 Å². The molecule has 0 aromatic rings. The molecule has 1 N–H and O–H groups in total. The van der Waals surface area contributed by atoms with Gasteiger partial charge in [0.05, 0.1) is 12.2 Å². The summed E-state index contributed by atoms with van der Waals surface area (Å²) in [6, 6.07) is 0.309. The molecular formula is C15H27NO3. The summed E-state index contributed by atoms with van der Waals surface area (Å²) in [4.78, 5) is 14.7. The highest BCUT2D eigenvalue weighted by molar-refractivity contribution is 5.79. The molecule has 2 fully saturated rings. The van der Waals surface area contributed by atoms with Crippen LogP contribution in [0.4, 0.5) is 0 Å². The second-order valence-corrected chi connectivity index (χ2v) is 6.39. The highest BCUT2D eigenvalue weighted by Crippen LogP contribution is 2.30. The Morgan fingerprint density at radius 2 is 1.84 bits per heavy atom. The number of ether oxygens (including phenoxy) is 1. The number of hydrogen-bond donors (Lipinski definition) is 1. The molecule has 4 atom stereocenters. The molecule has 0 aliphatic carbocycles. The maximum atomic E-state index is 12.7. The number of piperidine rings is 1. The van der Waals surface area contributed by atoms with E-state index >= 15 is 0 Å². The zero-order chi connectivity index (χ0) is 14.0. The molecule has 0 radical (unpaired) electrons. The predicted molar refractivity (Wildman–Crippen MR) is 73.7 cm³/mol. The van der Waals surface area contributed by atoms with E-state index in [0.717, 1.165) is 32.2 Å². The number of amides is 1. The molecule has 0 saturated carbocycles. The monoisotopic (exact) mass is 269 g/mol. The lowest BCUT2D eigenvalue weighted by atomic mass is 9.88. The lowest BCUT2D eigenvalue weighted by molar-refractivity contribution is -0.148. The molecule has 0 spiro atoms. The number of carbonyl (C=O) groups is 1. The van der Waals surface area contributed by atoms with Crippen molar-refractivity contribution in [3.63, 3.8) is 0 Å². The third-order valence-corrected chi connectivity index (χ3v) is 4.57. The topological polar surface area (TPSA) is 49.8 Å². The van der Waals surface area contributed by atoms with E-state index in [2.05, 4.69) is 6.92 Å². The van der Waals surface area contributed by atoms with Gasteiger partial charge in [0.25, 0.3) is 0 Å². The van der Waals surface area contributed by atoms with Crippen LogP contribution < -0.4 is 0 Å². The Morgan fingerprint density at radius 1 is 1.21 bits per heavy atom. The summed E-state index contributed by atoms with van der Waals surface area (Å²) >= 11 is 0. The smallest absolute Gasteiger partial charge is 0.226 e. The van der Waals surface area contributed by atoms with Crippen LogP contribution in [0.25, 0.3) is 0 Å².